The van der Waals surface area contributed by atoms with Gasteiger partial charge in [-0.15, -0.1) is 0 Å². The van der Waals surface area contributed by atoms with Crippen molar-refractivity contribution in [2.45, 2.75) is 19.9 Å². The van der Waals surface area contributed by atoms with Crippen molar-refractivity contribution in [1.29, 1.82) is 0 Å². The molecule has 0 spiro atoms. The summed E-state index contributed by atoms with van der Waals surface area (Å²) >= 11 is 0. The topological polar surface area (TPSA) is 37.8 Å². The van der Waals surface area contributed by atoms with Crippen molar-refractivity contribution in [1.82, 2.24) is 9.97 Å². The SMILES string of the molecule is CC(C)Nc1ccn[c]n1. The van der Waals surface area contributed by atoms with Crippen LogP contribution in [0.3, 0.4) is 0 Å². The zero-order valence-corrected chi connectivity index (χ0v) is 6.13. The lowest BCUT2D eigenvalue weighted by Crippen LogP contribution is -2.10. The maximum absolute atomic E-state index is 3.87. The van der Waals surface area contributed by atoms with Gasteiger partial charge < -0.3 is 5.32 Å². The van der Waals surface area contributed by atoms with E-state index in [1.54, 1.807) is 6.20 Å². The van der Waals surface area contributed by atoms with Crippen LogP contribution in [0.5, 0.6) is 0 Å². The van der Waals surface area contributed by atoms with Gasteiger partial charge in [0, 0.05) is 12.2 Å². The second-order valence-electron chi connectivity index (χ2n) is 2.34. The summed E-state index contributed by atoms with van der Waals surface area (Å²) in [7, 11) is 0. The Labute approximate surface area is 60.5 Å². The van der Waals surface area contributed by atoms with Gasteiger partial charge in [0.2, 0.25) is 0 Å². The number of hydrogen-bond donors (Lipinski definition) is 1. The van der Waals surface area contributed by atoms with Gasteiger partial charge in [0.25, 0.3) is 0 Å². The molecule has 3 nitrogen and oxygen atoms in total. The zero-order valence-electron chi connectivity index (χ0n) is 6.13. The zero-order chi connectivity index (χ0) is 7.40. The van der Waals surface area contributed by atoms with E-state index in [9.17, 15) is 0 Å². The van der Waals surface area contributed by atoms with Crippen LogP contribution in [0.25, 0.3) is 0 Å². The molecule has 0 aliphatic carbocycles. The highest BCUT2D eigenvalue weighted by atomic mass is 15.0. The third-order valence-corrected chi connectivity index (χ3v) is 0.972. The van der Waals surface area contributed by atoms with Gasteiger partial charge in [-0.25, -0.2) is 9.97 Å². The number of rotatable bonds is 2. The van der Waals surface area contributed by atoms with E-state index in [0.29, 0.717) is 6.04 Å². The van der Waals surface area contributed by atoms with E-state index in [1.165, 1.54) is 0 Å². The molecule has 53 valence electrons. The van der Waals surface area contributed by atoms with Gasteiger partial charge in [-0.05, 0) is 19.9 Å². The third kappa shape index (κ3) is 2.01. The van der Waals surface area contributed by atoms with Gasteiger partial charge in [0.1, 0.15) is 5.82 Å². The van der Waals surface area contributed by atoms with Crippen LogP contribution < -0.4 is 5.32 Å². The molecule has 1 radical (unpaired) electrons. The lowest BCUT2D eigenvalue weighted by molar-refractivity contribution is 0.885. The first-order valence-electron chi connectivity index (χ1n) is 3.24. The second kappa shape index (κ2) is 3.15. The average Bonchev–Trinajstić information content (AvgIpc) is 1.88. The van der Waals surface area contributed by atoms with E-state index in [1.807, 2.05) is 6.07 Å². The molecule has 0 aliphatic rings. The lowest BCUT2D eigenvalue weighted by atomic mass is 10.4. The Hall–Kier alpha value is -1.12. The highest BCUT2D eigenvalue weighted by molar-refractivity contribution is 5.31. The van der Waals surface area contributed by atoms with E-state index in [0.717, 1.165) is 5.82 Å². The smallest absolute Gasteiger partial charge is 0.199 e. The average molecular weight is 136 g/mol. The van der Waals surface area contributed by atoms with Gasteiger partial charge in [-0.3, -0.25) is 0 Å². The normalized spacial score (nSPS) is 9.90. The summed E-state index contributed by atoms with van der Waals surface area (Å²) in [5, 5.41) is 3.12. The Morgan fingerprint density at radius 2 is 2.40 bits per heavy atom. The minimum Gasteiger partial charge on any atom is -0.368 e. The highest BCUT2D eigenvalue weighted by Gasteiger charge is 1.92. The minimum atomic E-state index is 0.406. The van der Waals surface area contributed by atoms with Crippen LogP contribution >= 0.6 is 0 Å². The molecule has 3 heteroatoms. The standard InChI is InChI=1S/C7H10N3/c1-6(2)10-7-3-4-8-5-9-7/h3-4,6H,1-2H3,(H,8,9,10). The maximum atomic E-state index is 3.87. The molecule has 0 saturated carbocycles. The van der Waals surface area contributed by atoms with Gasteiger partial charge in [-0.2, -0.15) is 0 Å². The molecule has 1 aromatic rings. The van der Waals surface area contributed by atoms with E-state index in [-0.39, 0.29) is 0 Å². The van der Waals surface area contributed by atoms with Crippen molar-refractivity contribution < 1.29 is 0 Å². The molecule has 0 unspecified atom stereocenters. The molecule has 0 saturated heterocycles. The van der Waals surface area contributed by atoms with Crippen molar-refractivity contribution in [3.05, 3.63) is 18.6 Å². The Morgan fingerprint density at radius 1 is 1.60 bits per heavy atom. The largest absolute Gasteiger partial charge is 0.368 e. The fourth-order valence-electron chi connectivity index (χ4n) is 0.637. The summed E-state index contributed by atoms with van der Waals surface area (Å²) < 4.78 is 0. The van der Waals surface area contributed by atoms with Gasteiger partial charge in [0.15, 0.2) is 6.33 Å². The van der Waals surface area contributed by atoms with Crippen molar-refractivity contribution in [3.8, 4) is 0 Å². The van der Waals surface area contributed by atoms with E-state index >= 15 is 0 Å². The Bertz CT molecular complexity index is 183. The number of nitrogens with one attached hydrogen (secondary N) is 1. The third-order valence-electron chi connectivity index (χ3n) is 0.972. The van der Waals surface area contributed by atoms with Crippen LogP contribution in [0.4, 0.5) is 5.82 Å². The number of hydrogen-bond acceptors (Lipinski definition) is 3. The molecule has 0 atom stereocenters. The van der Waals surface area contributed by atoms with E-state index in [2.05, 4.69) is 35.5 Å². The van der Waals surface area contributed by atoms with E-state index in [4.69, 9.17) is 0 Å². The van der Waals surface area contributed by atoms with Crippen molar-refractivity contribution in [3.63, 3.8) is 0 Å². The summed E-state index contributed by atoms with van der Waals surface area (Å²) in [6, 6.07) is 2.22. The van der Waals surface area contributed by atoms with Crippen LogP contribution in [0.2, 0.25) is 0 Å². The van der Waals surface area contributed by atoms with Crippen LogP contribution in [0.15, 0.2) is 12.3 Å². The predicted molar refractivity (Wildman–Crippen MR) is 39.6 cm³/mol. The number of anilines is 1. The molecular formula is C7H10N3. The highest BCUT2D eigenvalue weighted by Crippen LogP contribution is 1.98. The van der Waals surface area contributed by atoms with E-state index < -0.39 is 0 Å². The molecule has 1 rings (SSSR count). The van der Waals surface area contributed by atoms with Crippen LogP contribution in [-0.2, 0) is 0 Å². The molecule has 0 amide bonds. The van der Waals surface area contributed by atoms with Gasteiger partial charge >= 0.3 is 0 Å². The molecule has 0 fully saturated rings. The summed E-state index contributed by atoms with van der Waals surface area (Å²) in [5.74, 6) is 0.824. The quantitative estimate of drug-likeness (QED) is 0.661. The fraction of sp³-hybridized carbons (Fsp3) is 0.429. The van der Waals surface area contributed by atoms with Crippen LogP contribution in [-0.4, -0.2) is 16.0 Å². The molecule has 1 N–H and O–H groups in total. The van der Waals surface area contributed by atoms with Crippen LogP contribution in [0, 0.1) is 6.33 Å². The molecule has 1 heterocycles. The number of aromatic nitrogens is 2. The minimum absolute atomic E-state index is 0.406. The molecule has 10 heavy (non-hydrogen) atoms. The van der Waals surface area contributed by atoms with Gasteiger partial charge in [-0.1, -0.05) is 0 Å². The molecule has 0 aromatic carbocycles. The second-order valence-corrected chi connectivity index (χ2v) is 2.34. The molecule has 1 aromatic heterocycles. The Morgan fingerprint density at radius 3 is 2.90 bits per heavy atom. The fourth-order valence-corrected chi connectivity index (χ4v) is 0.637. The van der Waals surface area contributed by atoms with Crippen molar-refractivity contribution >= 4 is 5.82 Å². The summed E-state index contributed by atoms with van der Waals surface area (Å²) in [6.45, 7) is 4.12. The summed E-state index contributed by atoms with van der Waals surface area (Å²) in [5.41, 5.74) is 0. The van der Waals surface area contributed by atoms with Crippen LogP contribution in [0.1, 0.15) is 13.8 Å². The number of nitrogens with zero attached hydrogens (tertiary/aromatic N) is 2. The monoisotopic (exact) mass is 136 g/mol. The Balaban J connectivity index is 2.59. The van der Waals surface area contributed by atoms with Gasteiger partial charge in [0.05, 0.1) is 0 Å². The first-order valence-corrected chi connectivity index (χ1v) is 3.24. The molecule has 0 aliphatic heterocycles. The Kier molecular flexibility index (Phi) is 2.20. The maximum Gasteiger partial charge on any atom is 0.199 e. The first kappa shape index (κ1) is 6.99. The summed E-state index contributed by atoms with van der Waals surface area (Å²) in [6.07, 6.45) is 4.17. The summed E-state index contributed by atoms with van der Waals surface area (Å²) in [4.78, 5) is 7.55. The lowest BCUT2D eigenvalue weighted by Gasteiger charge is -2.06. The van der Waals surface area contributed by atoms with Crippen molar-refractivity contribution in [2.75, 3.05) is 5.32 Å². The molecular weight excluding hydrogens is 126 g/mol. The first-order chi connectivity index (χ1) is 4.79. The van der Waals surface area contributed by atoms with Crippen molar-refractivity contribution in [2.24, 2.45) is 0 Å². The predicted octanol–water partition coefficient (Wildman–Crippen LogP) is 1.10. The molecule has 0 bridgehead atoms.